The fourth-order valence-electron chi connectivity index (χ4n) is 4.30. The van der Waals surface area contributed by atoms with Crippen LogP contribution in [-0.4, -0.2) is 49.4 Å². The monoisotopic (exact) mass is 506 g/mol. The van der Waals surface area contributed by atoms with Crippen LogP contribution in [0.4, 0.5) is 5.69 Å². The summed E-state index contributed by atoms with van der Waals surface area (Å²) in [6.07, 6.45) is 0.364. The predicted octanol–water partition coefficient (Wildman–Crippen LogP) is 4.68. The molecule has 186 valence electrons. The second-order valence-corrected chi connectivity index (χ2v) is 9.01. The van der Waals surface area contributed by atoms with E-state index >= 15 is 0 Å². The first-order chi connectivity index (χ1) is 17.3. The maximum absolute atomic E-state index is 13.7. The van der Waals surface area contributed by atoms with Crippen molar-refractivity contribution < 1.29 is 23.9 Å². The molecule has 1 saturated heterocycles. The molecule has 1 unspecified atom stereocenters. The van der Waals surface area contributed by atoms with Crippen molar-refractivity contribution in [3.63, 3.8) is 0 Å². The zero-order valence-electron chi connectivity index (χ0n) is 20.4. The van der Waals surface area contributed by atoms with Gasteiger partial charge in [0.15, 0.2) is 11.5 Å². The van der Waals surface area contributed by atoms with Gasteiger partial charge in [-0.15, -0.1) is 0 Å². The maximum Gasteiger partial charge on any atom is 0.257 e. The smallest absolute Gasteiger partial charge is 0.257 e. The Morgan fingerprint density at radius 3 is 2.39 bits per heavy atom. The van der Waals surface area contributed by atoms with Gasteiger partial charge in [0.05, 0.1) is 26.3 Å². The Hall–Kier alpha value is -3.84. The van der Waals surface area contributed by atoms with Crippen LogP contribution in [0, 0.1) is 6.92 Å². The van der Waals surface area contributed by atoms with E-state index in [0.29, 0.717) is 34.2 Å². The van der Waals surface area contributed by atoms with Crippen LogP contribution in [-0.2, 0) is 16.0 Å². The van der Waals surface area contributed by atoms with Crippen molar-refractivity contribution in [3.8, 4) is 11.5 Å². The van der Waals surface area contributed by atoms with Crippen LogP contribution in [0.25, 0.3) is 0 Å². The molecule has 0 bridgehead atoms. The molecule has 0 radical (unpaired) electrons. The second kappa shape index (κ2) is 10.8. The number of amides is 3. The van der Waals surface area contributed by atoms with Crippen LogP contribution in [0.3, 0.4) is 0 Å². The summed E-state index contributed by atoms with van der Waals surface area (Å²) in [7, 11) is 3.00. The summed E-state index contributed by atoms with van der Waals surface area (Å²) < 4.78 is 10.6. The number of carbonyl (C=O) groups excluding carboxylic acids is 3. The molecule has 0 spiro atoms. The Balaban J connectivity index is 1.67. The third-order valence-electron chi connectivity index (χ3n) is 6.21. The number of benzene rings is 3. The molecule has 7 nitrogen and oxygen atoms in total. The number of methoxy groups -OCH3 is 2. The molecule has 1 aliphatic heterocycles. The average Bonchev–Trinajstić information content (AvgIpc) is 3.17. The van der Waals surface area contributed by atoms with Gasteiger partial charge in [0.2, 0.25) is 5.91 Å². The minimum Gasteiger partial charge on any atom is -0.493 e. The number of hydrogen-bond donors (Lipinski definition) is 0. The minimum atomic E-state index is -0.932. The van der Waals surface area contributed by atoms with Crippen molar-refractivity contribution >= 4 is 35.0 Å². The first-order valence-electron chi connectivity index (χ1n) is 11.5. The van der Waals surface area contributed by atoms with Crippen LogP contribution < -0.4 is 14.4 Å². The standard InChI is InChI=1S/C28H27ClN2O5/c1-18-7-10-22(11-8-18)31-26(32)17-23(28(31)34)30(14-13-19-5-4-6-21(29)15-19)27(33)20-9-12-24(35-2)25(16-20)36-3/h4-12,15-16,23H,13-14,17H2,1-3H3. The number of anilines is 1. The molecule has 1 fully saturated rings. The number of rotatable bonds is 8. The van der Waals surface area contributed by atoms with Crippen LogP contribution >= 0.6 is 11.6 Å². The van der Waals surface area contributed by atoms with Gasteiger partial charge >= 0.3 is 0 Å². The van der Waals surface area contributed by atoms with Crippen molar-refractivity contribution in [2.24, 2.45) is 0 Å². The molecular formula is C28H27ClN2O5. The van der Waals surface area contributed by atoms with E-state index in [2.05, 4.69) is 0 Å². The van der Waals surface area contributed by atoms with Crippen molar-refractivity contribution in [1.82, 2.24) is 4.90 Å². The van der Waals surface area contributed by atoms with E-state index in [1.165, 1.54) is 24.0 Å². The third kappa shape index (κ3) is 5.21. The minimum absolute atomic E-state index is 0.0959. The number of nitrogens with zero attached hydrogens (tertiary/aromatic N) is 2. The third-order valence-corrected chi connectivity index (χ3v) is 6.45. The molecule has 8 heteroatoms. The summed E-state index contributed by atoms with van der Waals surface area (Å²) >= 11 is 6.14. The number of imide groups is 1. The lowest BCUT2D eigenvalue weighted by Gasteiger charge is -2.28. The normalized spacial score (nSPS) is 15.2. The number of halogens is 1. The molecule has 3 aromatic rings. The number of hydrogen-bond acceptors (Lipinski definition) is 5. The van der Waals surface area contributed by atoms with Gasteiger partial charge < -0.3 is 14.4 Å². The molecule has 0 aromatic heterocycles. The Morgan fingerprint density at radius 2 is 1.72 bits per heavy atom. The maximum atomic E-state index is 13.7. The lowest BCUT2D eigenvalue weighted by atomic mass is 10.1. The predicted molar refractivity (Wildman–Crippen MR) is 138 cm³/mol. The zero-order chi connectivity index (χ0) is 25.8. The first-order valence-corrected chi connectivity index (χ1v) is 11.9. The second-order valence-electron chi connectivity index (χ2n) is 8.57. The molecule has 0 N–H and O–H groups in total. The van der Waals surface area contributed by atoms with Gasteiger partial charge in [-0.2, -0.15) is 0 Å². The van der Waals surface area contributed by atoms with Crippen molar-refractivity contribution in [2.75, 3.05) is 25.7 Å². The fourth-order valence-corrected chi connectivity index (χ4v) is 4.51. The van der Waals surface area contributed by atoms with Crippen LogP contribution in [0.5, 0.6) is 11.5 Å². The van der Waals surface area contributed by atoms with E-state index in [1.54, 1.807) is 36.4 Å². The molecular weight excluding hydrogens is 480 g/mol. The number of ether oxygens (including phenoxy) is 2. The topological polar surface area (TPSA) is 76.2 Å². The quantitative estimate of drug-likeness (QED) is 0.414. The molecule has 1 heterocycles. The van der Waals surface area contributed by atoms with Gasteiger partial charge in [-0.3, -0.25) is 14.4 Å². The van der Waals surface area contributed by atoms with Gasteiger partial charge in [0.1, 0.15) is 6.04 Å². The summed E-state index contributed by atoms with van der Waals surface area (Å²) in [6.45, 7) is 2.15. The molecule has 1 atom stereocenters. The van der Waals surface area contributed by atoms with Crippen LogP contribution in [0.15, 0.2) is 66.7 Å². The Bertz CT molecular complexity index is 1290. The Kier molecular flexibility index (Phi) is 7.60. The molecule has 0 aliphatic carbocycles. The van der Waals surface area contributed by atoms with Crippen LogP contribution in [0.1, 0.15) is 27.9 Å². The van der Waals surface area contributed by atoms with Gasteiger partial charge in [-0.05, 0) is 61.4 Å². The fraction of sp³-hybridized carbons (Fsp3) is 0.250. The summed E-state index contributed by atoms with van der Waals surface area (Å²) in [6, 6.07) is 18.4. The van der Waals surface area contributed by atoms with E-state index in [0.717, 1.165) is 11.1 Å². The van der Waals surface area contributed by atoms with E-state index < -0.39 is 11.9 Å². The summed E-state index contributed by atoms with van der Waals surface area (Å²) in [5.74, 6) is -0.272. The van der Waals surface area contributed by atoms with E-state index in [-0.39, 0.29) is 24.8 Å². The summed E-state index contributed by atoms with van der Waals surface area (Å²) in [5, 5.41) is 0.586. The largest absolute Gasteiger partial charge is 0.493 e. The van der Waals surface area contributed by atoms with Gasteiger partial charge in [-0.25, -0.2) is 4.90 Å². The molecule has 0 saturated carbocycles. The molecule has 4 rings (SSSR count). The van der Waals surface area contributed by atoms with Gasteiger partial charge in [-0.1, -0.05) is 41.4 Å². The zero-order valence-corrected chi connectivity index (χ0v) is 21.1. The van der Waals surface area contributed by atoms with E-state index in [9.17, 15) is 14.4 Å². The summed E-state index contributed by atoms with van der Waals surface area (Å²) in [5.41, 5.74) is 2.75. The lowest BCUT2D eigenvalue weighted by molar-refractivity contribution is -0.122. The highest BCUT2D eigenvalue weighted by Crippen LogP contribution is 2.31. The van der Waals surface area contributed by atoms with Crippen LogP contribution in [0.2, 0.25) is 5.02 Å². The van der Waals surface area contributed by atoms with E-state index in [4.69, 9.17) is 21.1 Å². The van der Waals surface area contributed by atoms with Crippen molar-refractivity contribution in [1.29, 1.82) is 0 Å². The Morgan fingerprint density at radius 1 is 1.00 bits per heavy atom. The highest BCUT2D eigenvalue weighted by Gasteiger charge is 2.44. The van der Waals surface area contributed by atoms with Crippen molar-refractivity contribution in [3.05, 3.63) is 88.4 Å². The van der Waals surface area contributed by atoms with Gasteiger partial charge in [0, 0.05) is 17.1 Å². The average molecular weight is 507 g/mol. The summed E-state index contributed by atoms with van der Waals surface area (Å²) in [4.78, 5) is 42.9. The van der Waals surface area contributed by atoms with Gasteiger partial charge in [0.25, 0.3) is 11.8 Å². The molecule has 1 aliphatic rings. The first kappa shape index (κ1) is 25.3. The highest BCUT2D eigenvalue weighted by atomic mass is 35.5. The molecule has 3 amide bonds. The lowest BCUT2D eigenvalue weighted by Crippen LogP contribution is -2.46. The Labute approximate surface area is 215 Å². The van der Waals surface area contributed by atoms with E-state index in [1.807, 2.05) is 37.3 Å². The number of aryl methyl sites for hydroxylation is 1. The SMILES string of the molecule is COc1ccc(C(=O)N(CCc2cccc(Cl)c2)C2CC(=O)N(c3ccc(C)cc3)C2=O)cc1OC. The van der Waals surface area contributed by atoms with Crippen molar-refractivity contribution in [2.45, 2.75) is 25.8 Å². The molecule has 3 aromatic carbocycles. The molecule has 36 heavy (non-hydrogen) atoms. The number of carbonyl (C=O) groups is 3. The highest BCUT2D eigenvalue weighted by molar-refractivity contribution is 6.30.